The van der Waals surface area contributed by atoms with Gasteiger partial charge in [0, 0.05) is 11.8 Å². The molecule has 3 aromatic rings. The zero-order valence-electron chi connectivity index (χ0n) is 11.9. The van der Waals surface area contributed by atoms with Crippen molar-refractivity contribution < 1.29 is 9.50 Å². The molecule has 2 atom stereocenters. The first-order chi connectivity index (χ1) is 10.6. The van der Waals surface area contributed by atoms with E-state index in [0.717, 1.165) is 0 Å². The molecule has 0 aliphatic rings. The summed E-state index contributed by atoms with van der Waals surface area (Å²) in [5.41, 5.74) is -1.39. The van der Waals surface area contributed by atoms with Crippen LogP contribution in [0.4, 0.5) is 4.39 Å². The van der Waals surface area contributed by atoms with Crippen LogP contribution in [0.1, 0.15) is 18.5 Å². The Bertz CT molecular complexity index is 730. The topological polar surface area (TPSA) is 81.6 Å². The molecule has 0 unspecified atom stereocenters. The summed E-state index contributed by atoms with van der Waals surface area (Å²) in [6.07, 6.45) is 5.97. The average Bonchev–Trinajstić information content (AvgIpc) is 3.20. The normalized spacial score (nSPS) is 15.4. The van der Waals surface area contributed by atoms with E-state index in [4.69, 9.17) is 0 Å². The first-order valence-corrected chi connectivity index (χ1v) is 6.77. The molecule has 0 spiro atoms. The molecule has 8 heteroatoms. The minimum absolute atomic E-state index is 0.0367. The molecule has 3 rings (SSSR count). The van der Waals surface area contributed by atoms with Gasteiger partial charge >= 0.3 is 0 Å². The van der Waals surface area contributed by atoms with Gasteiger partial charge in [0.1, 0.15) is 24.1 Å². The summed E-state index contributed by atoms with van der Waals surface area (Å²) in [4.78, 5) is 3.86. The Balaban J connectivity index is 2.07. The predicted octanol–water partition coefficient (Wildman–Crippen LogP) is 1.16. The Morgan fingerprint density at radius 1 is 1.36 bits per heavy atom. The Kier molecular flexibility index (Phi) is 3.68. The Morgan fingerprint density at radius 2 is 2.18 bits per heavy atom. The summed E-state index contributed by atoms with van der Waals surface area (Å²) in [7, 11) is 0. The third-order valence-electron chi connectivity index (χ3n) is 3.74. The average molecular weight is 302 g/mol. The third-order valence-corrected chi connectivity index (χ3v) is 3.74. The SMILES string of the molecule is C[C@H](n1ccnn1)[C@](O)(Cn1cncn1)c1ccccc1F. The lowest BCUT2D eigenvalue weighted by molar-refractivity contribution is -0.0373. The Labute approximate surface area is 126 Å². The van der Waals surface area contributed by atoms with E-state index in [1.807, 2.05) is 0 Å². The molecule has 1 aromatic carbocycles. The first-order valence-electron chi connectivity index (χ1n) is 6.77. The van der Waals surface area contributed by atoms with Crippen LogP contribution in [-0.4, -0.2) is 34.9 Å². The van der Waals surface area contributed by atoms with Crippen LogP contribution in [0.3, 0.4) is 0 Å². The molecule has 114 valence electrons. The quantitative estimate of drug-likeness (QED) is 0.765. The number of nitrogens with zero attached hydrogens (tertiary/aromatic N) is 6. The molecular formula is C14H15FN6O. The molecule has 0 bridgehead atoms. The smallest absolute Gasteiger partial charge is 0.137 e. The van der Waals surface area contributed by atoms with E-state index in [9.17, 15) is 9.50 Å². The molecule has 0 fully saturated rings. The van der Waals surface area contributed by atoms with E-state index in [-0.39, 0.29) is 12.1 Å². The Morgan fingerprint density at radius 3 is 2.82 bits per heavy atom. The number of halogens is 1. The lowest BCUT2D eigenvalue weighted by Gasteiger charge is -2.34. The van der Waals surface area contributed by atoms with Crippen LogP contribution in [0.25, 0.3) is 0 Å². The van der Waals surface area contributed by atoms with Crippen molar-refractivity contribution in [3.8, 4) is 0 Å². The van der Waals surface area contributed by atoms with Gasteiger partial charge in [-0.1, -0.05) is 23.4 Å². The van der Waals surface area contributed by atoms with Gasteiger partial charge in [-0.05, 0) is 13.0 Å². The van der Waals surface area contributed by atoms with Crippen molar-refractivity contribution in [2.75, 3.05) is 0 Å². The number of hydrogen-bond donors (Lipinski definition) is 1. The van der Waals surface area contributed by atoms with E-state index < -0.39 is 17.5 Å². The second-order valence-corrected chi connectivity index (χ2v) is 5.06. The summed E-state index contributed by atoms with van der Waals surface area (Å²) in [5, 5.41) is 22.9. The monoisotopic (exact) mass is 302 g/mol. The van der Waals surface area contributed by atoms with Crippen molar-refractivity contribution >= 4 is 0 Å². The van der Waals surface area contributed by atoms with Crippen LogP contribution in [0.2, 0.25) is 0 Å². The summed E-state index contributed by atoms with van der Waals surface area (Å²) >= 11 is 0. The minimum atomic E-state index is -1.56. The third kappa shape index (κ3) is 2.48. The lowest BCUT2D eigenvalue weighted by atomic mass is 9.86. The van der Waals surface area contributed by atoms with Crippen molar-refractivity contribution in [3.63, 3.8) is 0 Å². The van der Waals surface area contributed by atoms with Crippen LogP contribution >= 0.6 is 0 Å². The zero-order valence-corrected chi connectivity index (χ0v) is 11.9. The van der Waals surface area contributed by atoms with E-state index in [1.54, 1.807) is 31.3 Å². The van der Waals surface area contributed by atoms with Crippen LogP contribution in [0, 0.1) is 5.82 Å². The maximum absolute atomic E-state index is 14.3. The van der Waals surface area contributed by atoms with Gasteiger partial charge in [0.25, 0.3) is 0 Å². The summed E-state index contributed by atoms with van der Waals surface area (Å²) in [6, 6.07) is 5.57. The maximum Gasteiger partial charge on any atom is 0.137 e. The number of aromatic nitrogens is 6. The number of benzene rings is 1. The van der Waals surface area contributed by atoms with Gasteiger partial charge in [0.15, 0.2) is 0 Å². The van der Waals surface area contributed by atoms with Crippen molar-refractivity contribution in [1.82, 2.24) is 29.8 Å². The number of hydrogen-bond acceptors (Lipinski definition) is 5. The fourth-order valence-electron chi connectivity index (χ4n) is 2.46. The second-order valence-electron chi connectivity index (χ2n) is 5.06. The fraction of sp³-hybridized carbons (Fsp3) is 0.286. The van der Waals surface area contributed by atoms with Gasteiger partial charge in [-0.2, -0.15) is 5.10 Å². The summed E-state index contributed by atoms with van der Waals surface area (Å²) in [5.74, 6) is -0.489. The molecule has 2 heterocycles. The summed E-state index contributed by atoms with van der Waals surface area (Å²) < 4.78 is 17.2. The highest BCUT2D eigenvalue weighted by Crippen LogP contribution is 2.35. The standard InChI is InChI=1S/C14H15FN6O/c1-11(21-7-6-17-19-21)14(22,8-20-10-16-9-18-20)12-4-2-3-5-13(12)15/h2-7,9-11,22H,8H2,1H3/t11-,14+/m0/s1. The Hall–Kier alpha value is -2.61. The molecule has 2 aromatic heterocycles. The molecule has 0 saturated carbocycles. The second kappa shape index (κ2) is 5.64. The molecule has 0 saturated heterocycles. The molecule has 1 N–H and O–H groups in total. The molecular weight excluding hydrogens is 287 g/mol. The lowest BCUT2D eigenvalue weighted by Crippen LogP contribution is -2.40. The fourth-order valence-corrected chi connectivity index (χ4v) is 2.46. The van der Waals surface area contributed by atoms with Gasteiger partial charge in [0.2, 0.25) is 0 Å². The maximum atomic E-state index is 14.3. The molecule has 0 radical (unpaired) electrons. The molecule has 0 aliphatic heterocycles. The van der Waals surface area contributed by atoms with E-state index in [1.165, 1.54) is 34.3 Å². The molecule has 0 amide bonds. The molecule has 7 nitrogen and oxygen atoms in total. The van der Waals surface area contributed by atoms with Crippen LogP contribution < -0.4 is 0 Å². The van der Waals surface area contributed by atoms with E-state index in [2.05, 4.69) is 20.4 Å². The highest BCUT2D eigenvalue weighted by Gasteiger charge is 2.40. The van der Waals surface area contributed by atoms with Gasteiger partial charge in [-0.25, -0.2) is 18.7 Å². The van der Waals surface area contributed by atoms with Crippen LogP contribution in [0.15, 0.2) is 49.3 Å². The minimum Gasteiger partial charge on any atom is -0.381 e. The first kappa shape index (κ1) is 14.3. The highest BCUT2D eigenvalue weighted by atomic mass is 19.1. The van der Waals surface area contributed by atoms with Crippen molar-refractivity contribution in [2.45, 2.75) is 25.1 Å². The van der Waals surface area contributed by atoms with Gasteiger partial charge in [-0.15, -0.1) is 5.10 Å². The predicted molar refractivity (Wildman–Crippen MR) is 75.1 cm³/mol. The van der Waals surface area contributed by atoms with Gasteiger partial charge in [0.05, 0.1) is 18.8 Å². The van der Waals surface area contributed by atoms with Crippen molar-refractivity contribution in [1.29, 1.82) is 0 Å². The van der Waals surface area contributed by atoms with Gasteiger partial charge < -0.3 is 5.11 Å². The highest BCUT2D eigenvalue weighted by molar-refractivity contribution is 5.25. The van der Waals surface area contributed by atoms with E-state index >= 15 is 0 Å². The number of rotatable bonds is 5. The molecule has 22 heavy (non-hydrogen) atoms. The van der Waals surface area contributed by atoms with Crippen molar-refractivity contribution in [3.05, 3.63) is 60.7 Å². The largest absolute Gasteiger partial charge is 0.381 e. The van der Waals surface area contributed by atoms with Gasteiger partial charge in [-0.3, -0.25) is 0 Å². The molecule has 0 aliphatic carbocycles. The van der Waals surface area contributed by atoms with Crippen molar-refractivity contribution in [2.24, 2.45) is 0 Å². The van der Waals surface area contributed by atoms with Crippen LogP contribution in [0.5, 0.6) is 0 Å². The zero-order chi connectivity index (χ0) is 15.6. The summed E-state index contributed by atoms with van der Waals surface area (Å²) in [6.45, 7) is 1.78. The van der Waals surface area contributed by atoms with E-state index in [0.29, 0.717) is 0 Å². The van der Waals surface area contributed by atoms with Crippen LogP contribution in [-0.2, 0) is 12.1 Å². The number of aliphatic hydroxyl groups is 1.